The molecule has 0 aliphatic rings. The quantitative estimate of drug-likeness (QED) is 0.616. The van der Waals surface area contributed by atoms with E-state index in [9.17, 15) is 8.42 Å². The van der Waals surface area contributed by atoms with Crippen LogP contribution in [0.4, 0.5) is 11.4 Å². The smallest absolute Gasteiger partial charge is 0.0997 e. The van der Waals surface area contributed by atoms with Gasteiger partial charge in [0.05, 0.1) is 30.8 Å². The molecule has 3 aromatic carbocycles. The highest BCUT2D eigenvalue weighted by atomic mass is 32.2. The third-order valence-electron chi connectivity index (χ3n) is 3.79. The number of nitrogens with zero attached hydrogens (tertiary/aromatic N) is 2. The summed E-state index contributed by atoms with van der Waals surface area (Å²) in [7, 11) is -5.27. The van der Waals surface area contributed by atoms with Crippen LogP contribution in [0.3, 0.4) is 0 Å². The minimum absolute atomic E-state index is 0.467. The number of rotatable bonds is 4. The Morgan fingerprint density at radius 3 is 1.19 bits per heavy atom. The van der Waals surface area contributed by atoms with Crippen molar-refractivity contribution in [1.29, 1.82) is 0 Å². The van der Waals surface area contributed by atoms with E-state index in [0.29, 0.717) is 21.2 Å². The van der Waals surface area contributed by atoms with Crippen molar-refractivity contribution in [2.75, 3.05) is 12.5 Å². The molecule has 4 nitrogen and oxygen atoms in total. The van der Waals surface area contributed by atoms with Crippen LogP contribution in [0, 0.1) is 0 Å². The molecule has 3 aromatic rings. The van der Waals surface area contributed by atoms with E-state index >= 15 is 0 Å². The third kappa shape index (κ3) is 4.20. The average Bonchev–Trinajstić information content (AvgIpc) is 2.64. The predicted octanol–water partition coefficient (Wildman–Crippen LogP) is 5.26. The summed E-state index contributed by atoms with van der Waals surface area (Å²) < 4.78 is 35.0. The zero-order valence-electron chi connectivity index (χ0n) is 14.6. The molecule has 0 unspecified atom stereocenters. The molecule has 6 heteroatoms. The molecule has 0 N–H and O–H groups in total. The lowest BCUT2D eigenvalue weighted by Crippen LogP contribution is -1.97. The van der Waals surface area contributed by atoms with Gasteiger partial charge in [0, 0.05) is 22.3 Å². The summed E-state index contributed by atoms with van der Waals surface area (Å²) in [5, 5.41) is 0. The summed E-state index contributed by atoms with van der Waals surface area (Å²) in [5.41, 5.74) is 0.934. The fourth-order valence-corrected chi connectivity index (χ4v) is 5.04. The molecule has 0 aliphatic heterocycles. The summed E-state index contributed by atoms with van der Waals surface area (Å²) in [4.78, 5) is 1.30. The molecule has 0 radical (unpaired) electrons. The minimum Gasteiger partial charge on any atom is -0.245 e. The van der Waals surface area contributed by atoms with E-state index in [1.54, 1.807) is 61.0 Å². The summed E-state index contributed by atoms with van der Waals surface area (Å²) in [6.45, 7) is 0. The minimum atomic E-state index is -2.63. The van der Waals surface area contributed by atoms with E-state index in [1.165, 1.54) is 0 Å². The SMILES string of the molecule is C[S@](=O)(=Nc1ccccc1N=[S@](C)(=O)c1ccccc1)c1ccccc1. The highest BCUT2D eigenvalue weighted by Gasteiger charge is 2.11. The predicted molar refractivity (Wildman–Crippen MR) is 108 cm³/mol. The van der Waals surface area contributed by atoms with Gasteiger partial charge in [-0.3, -0.25) is 0 Å². The standard InChI is InChI=1S/C20H20N2O2S2/c1-25(23,17-11-5-3-6-12-17)21-19-15-9-10-16-20(19)22-26(2,24)18-13-7-4-8-14-18/h3-16H,1-2H3/t25-,26-/m1/s1. The molecule has 0 aliphatic carbocycles. The van der Waals surface area contributed by atoms with Gasteiger partial charge in [-0.2, -0.15) is 8.73 Å². The monoisotopic (exact) mass is 384 g/mol. The van der Waals surface area contributed by atoms with E-state index < -0.39 is 19.5 Å². The molecule has 26 heavy (non-hydrogen) atoms. The first-order chi connectivity index (χ1) is 12.4. The molecule has 2 atom stereocenters. The molecule has 0 aromatic heterocycles. The second-order valence-corrected chi connectivity index (χ2v) is 10.4. The van der Waals surface area contributed by atoms with E-state index in [2.05, 4.69) is 8.73 Å². The highest BCUT2D eigenvalue weighted by Crippen LogP contribution is 2.32. The van der Waals surface area contributed by atoms with Crippen LogP contribution in [-0.2, 0) is 19.5 Å². The maximum Gasteiger partial charge on any atom is 0.0997 e. The Kier molecular flexibility index (Phi) is 5.25. The molecule has 3 rings (SSSR count). The van der Waals surface area contributed by atoms with Gasteiger partial charge in [-0.15, -0.1) is 0 Å². The summed E-state index contributed by atoms with van der Waals surface area (Å²) in [6.07, 6.45) is 3.19. The Hall–Kier alpha value is -2.44. The van der Waals surface area contributed by atoms with Crippen molar-refractivity contribution < 1.29 is 8.42 Å². The second kappa shape index (κ2) is 7.43. The van der Waals surface area contributed by atoms with Crippen LogP contribution >= 0.6 is 0 Å². The Bertz CT molecular complexity index is 1050. The van der Waals surface area contributed by atoms with Crippen LogP contribution in [0.5, 0.6) is 0 Å². The largest absolute Gasteiger partial charge is 0.245 e. The molecule has 0 fully saturated rings. The van der Waals surface area contributed by atoms with Crippen molar-refractivity contribution in [2.45, 2.75) is 9.79 Å². The fraction of sp³-hybridized carbons (Fsp3) is 0.100. The van der Waals surface area contributed by atoms with Gasteiger partial charge in [0.15, 0.2) is 0 Å². The maximum absolute atomic E-state index is 13.1. The van der Waals surface area contributed by atoms with E-state index in [1.807, 2.05) is 36.4 Å². The topological polar surface area (TPSA) is 58.9 Å². The van der Waals surface area contributed by atoms with E-state index in [-0.39, 0.29) is 0 Å². The number of hydrogen-bond donors (Lipinski definition) is 0. The summed E-state index contributed by atoms with van der Waals surface area (Å²) in [6, 6.07) is 25.3. The molecule has 0 bridgehead atoms. The van der Waals surface area contributed by atoms with Crippen LogP contribution < -0.4 is 0 Å². The number of benzene rings is 3. The first-order valence-electron chi connectivity index (χ1n) is 8.02. The second-order valence-electron chi connectivity index (χ2n) is 5.90. The average molecular weight is 385 g/mol. The first-order valence-corrected chi connectivity index (χ1v) is 11.9. The first kappa shape index (κ1) is 18.4. The Labute approximate surface area is 155 Å². The van der Waals surface area contributed by atoms with Crippen molar-refractivity contribution in [3.8, 4) is 0 Å². The molecule has 0 saturated carbocycles. The van der Waals surface area contributed by atoms with Gasteiger partial charge in [0.25, 0.3) is 0 Å². The lowest BCUT2D eigenvalue weighted by molar-refractivity contribution is 0.679. The number of hydrogen-bond acceptors (Lipinski definition) is 4. The molecule has 0 spiro atoms. The van der Waals surface area contributed by atoms with Crippen LogP contribution in [0.25, 0.3) is 0 Å². The Balaban J connectivity index is 2.14. The van der Waals surface area contributed by atoms with Gasteiger partial charge < -0.3 is 0 Å². The summed E-state index contributed by atoms with van der Waals surface area (Å²) >= 11 is 0. The van der Waals surface area contributed by atoms with Crippen LogP contribution in [-0.4, -0.2) is 20.9 Å². The van der Waals surface area contributed by atoms with Crippen LogP contribution in [0.2, 0.25) is 0 Å². The molecule has 134 valence electrons. The van der Waals surface area contributed by atoms with Gasteiger partial charge in [-0.25, -0.2) is 8.42 Å². The van der Waals surface area contributed by atoms with Gasteiger partial charge in [-0.1, -0.05) is 48.5 Å². The van der Waals surface area contributed by atoms with Crippen LogP contribution in [0.15, 0.2) is 103 Å². The Morgan fingerprint density at radius 2 is 0.846 bits per heavy atom. The van der Waals surface area contributed by atoms with E-state index in [0.717, 1.165) is 0 Å². The molecule has 0 heterocycles. The van der Waals surface area contributed by atoms with Crippen molar-refractivity contribution in [3.63, 3.8) is 0 Å². The lowest BCUT2D eigenvalue weighted by Gasteiger charge is -2.08. The maximum atomic E-state index is 13.1. The van der Waals surface area contributed by atoms with Gasteiger partial charge in [-0.05, 0) is 36.4 Å². The van der Waals surface area contributed by atoms with Crippen molar-refractivity contribution >= 4 is 30.8 Å². The van der Waals surface area contributed by atoms with Crippen molar-refractivity contribution in [2.24, 2.45) is 8.73 Å². The summed E-state index contributed by atoms with van der Waals surface area (Å²) in [5.74, 6) is 0. The zero-order chi connectivity index (χ0) is 18.6. The van der Waals surface area contributed by atoms with E-state index in [4.69, 9.17) is 0 Å². The molecular weight excluding hydrogens is 364 g/mol. The van der Waals surface area contributed by atoms with Crippen molar-refractivity contribution in [1.82, 2.24) is 0 Å². The van der Waals surface area contributed by atoms with Gasteiger partial charge in [0.1, 0.15) is 0 Å². The van der Waals surface area contributed by atoms with Crippen molar-refractivity contribution in [3.05, 3.63) is 84.9 Å². The van der Waals surface area contributed by atoms with Gasteiger partial charge >= 0.3 is 0 Å². The highest BCUT2D eigenvalue weighted by molar-refractivity contribution is 7.93. The fourth-order valence-electron chi connectivity index (χ4n) is 2.45. The third-order valence-corrected chi connectivity index (χ3v) is 7.17. The molecule has 0 amide bonds. The molecule has 0 saturated heterocycles. The zero-order valence-corrected chi connectivity index (χ0v) is 16.2. The lowest BCUT2D eigenvalue weighted by atomic mass is 10.3. The molecular formula is C20H20N2O2S2. The van der Waals surface area contributed by atoms with Crippen LogP contribution in [0.1, 0.15) is 0 Å². The Morgan fingerprint density at radius 1 is 0.538 bits per heavy atom. The van der Waals surface area contributed by atoms with Gasteiger partial charge in [0.2, 0.25) is 0 Å². The normalized spacial score (nSPS) is 15.5.